The molecular weight excluding hydrogens is 312 g/mol. The van der Waals surface area contributed by atoms with Crippen molar-refractivity contribution in [3.05, 3.63) is 23.8 Å². The van der Waals surface area contributed by atoms with Crippen LogP contribution in [0.25, 0.3) is 0 Å². The second-order valence-corrected chi connectivity index (χ2v) is 9.38. The van der Waals surface area contributed by atoms with Crippen LogP contribution in [-0.2, 0) is 4.74 Å². The van der Waals surface area contributed by atoms with Crippen molar-refractivity contribution in [2.75, 3.05) is 0 Å². The summed E-state index contributed by atoms with van der Waals surface area (Å²) in [5.74, 6) is 2.65. The van der Waals surface area contributed by atoms with Crippen LogP contribution in [0.15, 0.2) is 23.8 Å². The SMILES string of the molecule is CC(OC(=O)O)[C@H]1CC[C@H]2[C@@H]3CCC4=CCC=C[C@]4(C)[C@H]3CC[C@]12C. The Balaban J connectivity index is 1.60. The van der Waals surface area contributed by atoms with Crippen molar-refractivity contribution in [1.29, 1.82) is 0 Å². The van der Waals surface area contributed by atoms with Crippen molar-refractivity contribution in [2.45, 2.75) is 71.8 Å². The van der Waals surface area contributed by atoms with E-state index in [1.807, 2.05) is 6.92 Å². The van der Waals surface area contributed by atoms with Crippen LogP contribution in [0.2, 0.25) is 0 Å². The fourth-order valence-electron chi connectivity index (χ4n) is 7.39. The minimum Gasteiger partial charge on any atom is -0.450 e. The number of carboxylic acid groups (broad SMARTS) is 1. The second-order valence-electron chi connectivity index (χ2n) is 9.38. The van der Waals surface area contributed by atoms with Gasteiger partial charge in [0, 0.05) is 11.3 Å². The van der Waals surface area contributed by atoms with E-state index in [1.54, 1.807) is 5.57 Å². The maximum Gasteiger partial charge on any atom is 0.506 e. The average molecular weight is 344 g/mol. The van der Waals surface area contributed by atoms with Gasteiger partial charge < -0.3 is 9.84 Å². The van der Waals surface area contributed by atoms with Gasteiger partial charge in [0.05, 0.1) is 0 Å². The molecule has 4 aliphatic carbocycles. The van der Waals surface area contributed by atoms with Crippen LogP contribution in [0.1, 0.15) is 65.7 Å². The highest BCUT2D eigenvalue weighted by atomic mass is 16.7. The molecule has 3 heteroatoms. The summed E-state index contributed by atoms with van der Waals surface area (Å²) in [5, 5.41) is 9.04. The Morgan fingerprint density at radius 3 is 2.80 bits per heavy atom. The first-order chi connectivity index (χ1) is 11.9. The minimum absolute atomic E-state index is 0.187. The van der Waals surface area contributed by atoms with Gasteiger partial charge in [0.1, 0.15) is 6.10 Å². The fourth-order valence-corrected chi connectivity index (χ4v) is 7.39. The number of allylic oxidation sites excluding steroid dienone is 4. The third-order valence-corrected chi connectivity index (χ3v) is 8.54. The molecule has 3 saturated carbocycles. The Kier molecular flexibility index (Phi) is 4.05. The van der Waals surface area contributed by atoms with Gasteiger partial charge in [0.15, 0.2) is 0 Å². The van der Waals surface area contributed by atoms with Crippen molar-refractivity contribution in [1.82, 2.24) is 0 Å². The molecule has 0 saturated heterocycles. The zero-order valence-electron chi connectivity index (χ0n) is 15.8. The predicted molar refractivity (Wildman–Crippen MR) is 98.3 cm³/mol. The van der Waals surface area contributed by atoms with E-state index in [0.29, 0.717) is 5.92 Å². The smallest absolute Gasteiger partial charge is 0.450 e. The van der Waals surface area contributed by atoms with E-state index in [4.69, 9.17) is 9.84 Å². The van der Waals surface area contributed by atoms with Crippen molar-refractivity contribution in [2.24, 2.45) is 34.5 Å². The average Bonchev–Trinajstić information content (AvgIpc) is 2.91. The van der Waals surface area contributed by atoms with E-state index < -0.39 is 6.16 Å². The molecule has 1 unspecified atom stereocenters. The highest BCUT2D eigenvalue weighted by molar-refractivity contribution is 5.57. The maximum atomic E-state index is 11.0. The summed E-state index contributed by atoms with van der Waals surface area (Å²) < 4.78 is 5.19. The summed E-state index contributed by atoms with van der Waals surface area (Å²) >= 11 is 0. The maximum absolute atomic E-state index is 11.0. The highest BCUT2D eigenvalue weighted by Gasteiger charge is 2.59. The summed E-state index contributed by atoms with van der Waals surface area (Å²) in [7, 11) is 0. The van der Waals surface area contributed by atoms with Gasteiger partial charge >= 0.3 is 6.16 Å². The zero-order valence-corrected chi connectivity index (χ0v) is 15.8. The van der Waals surface area contributed by atoms with Gasteiger partial charge in [-0.25, -0.2) is 4.79 Å². The molecule has 1 N–H and O–H groups in total. The molecule has 3 nitrogen and oxygen atoms in total. The number of hydrogen-bond donors (Lipinski definition) is 1. The lowest BCUT2D eigenvalue weighted by Crippen LogP contribution is -2.50. The molecule has 138 valence electrons. The number of ether oxygens (including phenoxy) is 1. The molecule has 4 rings (SSSR count). The van der Waals surface area contributed by atoms with Crippen molar-refractivity contribution >= 4 is 6.16 Å². The Bertz CT molecular complexity index is 621. The third kappa shape index (κ3) is 2.49. The molecule has 0 aromatic rings. The third-order valence-electron chi connectivity index (χ3n) is 8.54. The van der Waals surface area contributed by atoms with Crippen LogP contribution in [0.3, 0.4) is 0 Å². The number of carbonyl (C=O) groups is 1. The number of rotatable bonds is 2. The molecule has 0 heterocycles. The van der Waals surface area contributed by atoms with E-state index in [2.05, 4.69) is 32.1 Å². The standard InChI is InChI=1S/C22H32O3/c1-14(25-20(23)24)17-9-10-18-16-8-7-15-6-4-5-12-21(15,2)19(16)11-13-22(17,18)3/h5-6,12,14,16-19H,4,7-11,13H2,1-3H3,(H,23,24)/t14?,16-,17+,18-,19-,21-,22+/m0/s1. The Hall–Kier alpha value is -1.25. The minimum atomic E-state index is -1.12. The molecule has 0 aliphatic heterocycles. The van der Waals surface area contributed by atoms with Gasteiger partial charge in [-0.15, -0.1) is 0 Å². The normalized spacial score (nSPS) is 46.4. The molecule has 0 aromatic carbocycles. The number of fused-ring (bicyclic) bond motifs is 5. The lowest BCUT2D eigenvalue weighted by molar-refractivity contribution is -0.0648. The molecule has 0 amide bonds. The number of hydrogen-bond acceptors (Lipinski definition) is 2. The molecule has 4 aliphatic rings. The largest absolute Gasteiger partial charge is 0.506 e. The van der Waals surface area contributed by atoms with Crippen molar-refractivity contribution < 1.29 is 14.6 Å². The van der Waals surface area contributed by atoms with Crippen LogP contribution >= 0.6 is 0 Å². The summed E-state index contributed by atoms with van der Waals surface area (Å²) in [6.45, 7) is 6.86. The van der Waals surface area contributed by atoms with E-state index in [0.717, 1.165) is 30.6 Å². The molecule has 0 radical (unpaired) electrons. The lowest BCUT2D eigenvalue weighted by Gasteiger charge is -2.57. The summed E-state index contributed by atoms with van der Waals surface area (Å²) in [4.78, 5) is 11.0. The summed E-state index contributed by atoms with van der Waals surface area (Å²) in [5.41, 5.74) is 2.19. The fraction of sp³-hybridized carbons (Fsp3) is 0.773. The summed E-state index contributed by atoms with van der Waals surface area (Å²) in [6.07, 6.45) is 14.6. The van der Waals surface area contributed by atoms with Crippen LogP contribution in [-0.4, -0.2) is 17.4 Å². The monoisotopic (exact) mass is 344 g/mol. The van der Waals surface area contributed by atoms with Gasteiger partial charge in [-0.05, 0) is 75.0 Å². The topological polar surface area (TPSA) is 46.5 Å². The van der Waals surface area contributed by atoms with Crippen molar-refractivity contribution in [3.63, 3.8) is 0 Å². The van der Waals surface area contributed by atoms with E-state index in [-0.39, 0.29) is 16.9 Å². The molecule has 25 heavy (non-hydrogen) atoms. The van der Waals surface area contributed by atoms with Crippen LogP contribution in [0.4, 0.5) is 4.79 Å². The Labute approximate surface area is 151 Å². The molecule has 7 atom stereocenters. The van der Waals surface area contributed by atoms with E-state index in [1.165, 1.54) is 32.1 Å². The molecule has 0 spiro atoms. The Morgan fingerprint density at radius 1 is 1.24 bits per heavy atom. The lowest BCUT2D eigenvalue weighted by atomic mass is 9.47. The molecule has 0 aromatic heterocycles. The van der Waals surface area contributed by atoms with Gasteiger partial charge in [-0.3, -0.25) is 0 Å². The first-order valence-corrected chi connectivity index (χ1v) is 10.1. The molecular formula is C22H32O3. The quantitative estimate of drug-likeness (QED) is 0.507. The zero-order chi connectivity index (χ0) is 17.8. The molecule has 0 bridgehead atoms. The molecule has 3 fully saturated rings. The first-order valence-electron chi connectivity index (χ1n) is 10.1. The van der Waals surface area contributed by atoms with E-state index >= 15 is 0 Å². The van der Waals surface area contributed by atoms with Gasteiger partial charge in [0.25, 0.3) is 0 Å². The van der Waals surface area contributed by atoms with Crippen molar-refractivity contribution in [3.8, 4) is 0 Å². The highest BCUT2D eigenvalue weighted by Crippen LogP contribution is 2.66. The van der Waals surface area contributed by atoms with Gasteiger partial charge in [-0.2, -0.15) is 0 Å². The summed E-state index contributed by atoms with van der Waals surface area (Å²) in [6, 6.07) is 0. The van der Waals surface area contributed by atoms with Gasteiger partial charge in [-0.1, -0.05) is 37.6 Å². The van der Waals surface area contributed by atoms with Crippen LogP contribution < -0.4 is 0 Å². The van der Waals surface area contributed by atoms with Crippen LogP contribution in [0.5, 0.6) is 0 Å². The first kappa shape index (κ1) is 17.2. The van der Waals surface area contributed by atoms with Crippen LogP contribution in [0, 0.1) is 34.5 Å². The Morgan fingerprint density at radius 2 is 2.04 bits per heavy atom. The second kappa shape index (κ2) is 5.89. The van der Waals surface area contributed by atoms with Gasteiger partial charge in [0.2, 0.25) is 0 Å². The van der Waals surface area contributed by atoms with E-state index in [9.17, 15) is 4.79 Å². The predicted octanol–water partition coefficient (Wildman–Crippen LogP) is 5.81.